The van der Waals surface area contributed by atoms with Gasteiger partial charge in [0.2, 0.25) is 0 Å². The standard InChI is InChI=1S/C22H29NO4/c1-4-7-12-27-21(26)16-8-10-17(11-9-16)23-15-18-19(24)13-22(5-2,6-3)14-20(18)25/h8-11,15,23H,4-7,12-14H2,1-3H3. The van der Waals surface area contributed by atoms with Gasteiger partial charge in [-0.15, -0.1) is 0 Å². The van der Waals surface area contributed by atoms with Crippen LogP contribution in [0.5, 0.6) is 0 Å². The van der Waals surface area contributed by atoms with E-state index in [1.807, 2.05) is 20.8 Å². The largest absolute Gasteiger partial charge is 0.462 e. The van der Waals surface area contributed by atoms with E-state index in [2.05, 4.69) is 5.32 Å². The van der Waals surface area contributed by atoms with E-state index in [1.54, 1.807) is 24.3 Å². The summed E-state index contributed by atoms with van der Waals surface area (Å²) in [5, 5.41) is 3.00. The van der Waals surface area contributed by atoms with Crippen molar-refractivity contribution >= 4 is 23.2 Å². The quantitative estimate of drug-likeness (QED) is 0.311. The van der Waals surface area contributed by atoms with Crippen LogP contribution in [-0.4, -0.2) is 24.1 Å². The molecular weight excluding hydrogens is 342 g/mol. The van der Waals surface area contributed by atoms with Crippen molar-refractivity contribution in [2.75, 3.05) is 11.9 Å². The number of anilines is 1. The number of Topliss-reactive ketones (excluding diaryl/α,β-unsaturated/α-hetero) is 2. The molecule has 27 heavy (non-hydrogen) atoms. The summed E-state index contributed by atoms with van der Waals surface area (Å²) in [4.78, 5) is 36.8. The molecule has 2 rings (SSSR count). The van der Waals surface area contributed by atoms with Gasteiger partial charge >= 0.3 is 5.97 Å². The van der Waals surface area contributed by atoms with Gasteiger partial charge in [-0.25, -0.2) is 4.79 Å². The third-order valence-electron chi connectivity index (χ3n) is 5.41. The first kappa shape index (κ1) is 20.9. The average Bonchev–Trinajstić information content (AvgIpc) is 2.67. The topological polar surface area (TPSA) is 72.5 Å². The van der Waals surface area contributed by atoms with Crippen molar-refractivity contribution in [2.45, 2.75) is 59.3 Å². The highest BCUT2D eigenvalue weighted by Gasteiger charge is 2.39. The number of unbranched alkanes of at least 4 members (excludes halogenated alkanes) is 1. The summed E-state index contributed by atoms with van der Waals surface area (Å²) >= 11 is 0. The lowest BCUT2D eigenvalue weighted by Crippen LogP contribution is -2.35. The SMILES string of the molecule is CCCCOC(=O)c1ccc(NC=C2C(=O)CC(CC)(CC)CC2=O)cc1. The molecule has 1 aliphatic rings. The Labute approximate surface area is 161 Å². The lowest BCUT2D eigenvalue weighted by atomic mass is 9.68. The molecular formula is C22H29NO4. The van der Waals surface area contributed by atoms with Gasteiger partial charge in [0.15, 0.2) is 11.6 Å². The highest BCUT2D eigenvalue weighted by atomic mass is 16.5. The number of rotatable bonds is 8. The summed E-state index contributed by atoms with van der Waals surface area (Å²) in [5.41, 5.74) is 1.22. The second-order valence-corrected chi connectivity index (χ2v) is 7.18. The van der Waals surface area contributed by atoms with Gasteiger partial charge < -0.3 is 10.1 Å². The molecule has 1 aromatic rings. The highest BCUT2D eigenvalue weighted by Crippen LogP contribution is 2.40. The number of hydrogen-bond donors (Lipinski definition) is 1. The van der Waals surface area contributed by atoms with Gasteiger partial charge in [-0.05, 0) is 48.9 Å². The van der Waals surface area contributed by atoms with Crippen LogP contribution < -0.4 is 5.32 Å². The molecule has 5 nitrogen and oxygen atoms in total. The minimum absolute atomic E-state index is 0.0985. The Hall–Kier alpha value is -2.43. The fourth-order valence-corrected chi connectivity index (χ4v) is 3.25. The van der Waals surface area contributed by atoms with Crippen LogP contribution in [0.1, 0.15) is 69.7 Å². The summed E-state index contributed by atoms with van der Waals surface area (Å²) in [6, 6.07) is 6.79. The van der Waals surface area contributed by atoms with Crippen LogP contribution in [0.2, 0.25) is 0 Å². The van der Waals surface area contributed by atoms with E-state index in [0.29, 0.717) is 30.7 Å². The van der Waals surface area contributed by atoms with Crippen molar-refractivity contribution in [3.8, 4) is 0 Å². The van der Waals surface area contributed by atoms with Crippen LogP contribution in [0, 0.1) is 5.41 Å². The number of hydrogen-bond acceptors (Lipinski definition) is 5. The maximum Gasteiger partial charge on any atom is 0.338 e. The fraction of sp³-hybridized carbons (Fsp3) is 0.500. The molecule has 1 fully saturated rings. The molecule has 0 radical (unpaired) electrons. The number of carbonyl (C=O) groups is 3. The fourth-order valence-electron chi connectivity index (χ4n) is 3.25. The molecule has 1 aliphatic carbocycles. The molecule has 0 atom stereocenters. The second-order valence-electron chi connectivity index (χ2n) is 7.18. The van der Waals surface area contributed by atoms with Gasteiger partial charge in [0.05, 0.1) is 17.7 Å². The molecule has 0 amide bonds. The Morgan fingerprint density at radius 1 is 1.07 bits per heavy atom. The number of esters is 1. The van der Waals surface area contributed by atoms with Crippen LogP contribution in [0.3, 0.4) is 0 Å². The van der Waals surface area contributed by atoms with E-state index < -0.39 is 0 Å². The number of nitrogens with one attached hydrogen (secondary N) is 1. The number of ether oxygens (including phenoxy) is 1. The Balaban J connectivity index is 2.00. The van der Waals surface area contributed by atoms with Crippen LogP contribution in [0.15, 0.2) is 36.0 Å². The Morgan fingerprint density at radius 3 is 2.19 bits per heavy atom. The number of ketones is 2. The van der Waals surface area contributed by atoms with Gasteiger partial charge in [-0.2, -0.15) is 0 Å². The Bertz CT molecular complexity index is 692. The van der Waals surface area contributed by atoms with Crippen LogP contribution in [0.25, 0.3) is 0 Å². The summed E-state index contributed by atoms with van der Waals surface area (Å²) in [6.45, 7) is 6.52. The molecule has 0 aliphatic heterocycles. The Morgan fingerprint density at radius 2 is 1.67 bits per heavy atom. The van der Waals surface area contributed by atoms with Gasteiger partial charge in [-0.1, -0.05) is 27.2 Å². The van der Waals surface area contributed by atoms with E-state index in [0.717, 1.165) is 25.7 Å². The monoisotopic (exact) mass is 371 g/mol. The lowest BCUT2D eigenvalue weighted by Gasteiger charge is -2.34. The first-order chi connectivity index (χ1) is 12.9. The zero-order chi connectivity index (χ0) is 19.9. The average molecular weight is 371 g/mol. The predicted molar refractivity (Wildman–Crippen MR) is 106 cm³/mol. The molecule has 0 unspecified atom stereocenters. The minimum Gasteiger partial charge on any atom is -0.462 e. The van der Waals surface area contributed by atoms with Crippen LogP contribution >= 0.6 is 0 Å². The normalized spacial score (nSPS) is 16.2. The molecule has 0 spiro atoms. The molecule has 1 N–H and O–H groups in total. The van der Waals surface area contributed by atoms with Gasteiger partial charge in [0.1, 0.15) is 0 Å². The predicted octanol–water partition coefficient (Wildman–Crippen LogP) is 4.68. The highest BCUT2D eigenvalue weighted by molar-refractivity contribution is 6.22. The molecule has 0 saturated heterocycles. The van der Waals surface area contributed by atoms with Crippen molar-refractivity contribution in [3.05, 3.63) is 41.6 Å². The summed E-state index contributed by atoms with van der Waals surface area (Å²) < 4.78 is 5.17. The molecule has 0 heterocycles. The van der Waals surface area contributed by atoms with Crippen molar-refractivity contribution < 1.29 is 19.1 Å². The summed E-state index contributed by atoms with van der Waals surface area (Å²) in [7, 11) is 0. The molecule has 0 aromatic heterocycles. The number of carbonyl (C=O) groups excluding carboxylic acids is 3. The first-order valence-corrected chi connectivity index (χ1v) is 9.75. The molecule has 1 saturated carbocycles. The third kappa shape index (κ3) is 5.28. The molecule has 1 aromatic carbocycles. The maximum atomic E-state index is 12.4. The van der Waals surface area contributed by atoms with E-state index in [-0.39, 0.29) is 28.5 Å². The maximum absolute atomic E-state index is 12.4. The molecule has 5 heteroatoms. The third-order valence-corrected chi connectivity index (χ3v) is 5.41. The van der Waals surface area contributed by atoms with Crippen LogP contribution in [-0.2, 0) is 14.3 Å². The second kappa shape index (κ2) is 9.49. The minimum atomic E-state index is -0.346. The first-order valence-electron chi connectivity index (χ1n) is 9.75. The van der Waals surface area contributed by atoms with E-state index in [9.17, 15) is 14.4 Å². The van der Waals surface area contributed by atoms with Gasteiger partial charge in [-0.3, -0.25) is 9.59 Å². The Kier molecular flexibility index (Phi) is 7.34. The molecule has 146 valence electrons. The van der Waals surface area contributed by atoms with Crippen LogP contribution in [0.4, 0.5) is 5.69 Å². The summed E-state index contributed by atoms with van der Waals surface area (Å²) in [5.74, 6) is -0.543. The van der Waals surface area contributed by atoms with Crippen molar-refractivity contribution in [2.24, 2.45) is 5.41 Å². The van der Waals surface area contributed by atoms with Gasteiger partial charge in [0.25, 0.3) is 0 Å². The summed E-state index contributed by atoms with van der Waals surface area (Å²) in [6.07, 6.45) is 5.81. The van der Waals surface area contributed by atoms with Crippen molar-refractivity contribution in [1.29, 1.82) is 0 Å². The molecule has 0 bridgehead atoms. The number of allylic oxidation sites excluding steroid dienone is 1. The smallest absolute Gasteiger partial charge is 0.338 e. The zero-order valence-electron chi connectivity index (χ0n) is 16.5. The van der Waals surface area contributed by atoms with E-state index in [4.69, 9.17) is 4.74 Å². The number of benzene rings is 1. The zero-order valence-corrected chi connectivity index (χ0v) is 16.5. The lowest BCUT2D eigenvalue weighted by molar-refractivity contribution is -0.128. The van der Waals surface area contributed by atoms with E-state index in [1.165, 1.54) is 6.20 Å². The van der Waals surface area contributed by atoms with Crippen molar-refractivity contribution in [3.63, 3.8) is 0 Å². The van der Waals surface area contributed by atoms with Gasteiger partial charge in [0, 0.05) is 24.7 Å². The van der Waals surface area contributed by atoms with Crippen molar-refractivity contribution in [1.82, 2.24) is 0 Å². The van der Waals surface area contributed by atoms with E-state index >= 15 is 0 Å².